The molecule has 0 saturated carbocycles. The number of aryl methyl sites for hydroxylation is 3. The van der Waals surface area contributed by atoms with Gasteiger partial charge in [0.1, 0.15) is 18.1 Å². The average Bonchev–Trinajstić information content (AvgIpc) is 3.03. The number of fused-ring (bicyclic) bond motifs is 3. The van der Waals surface area contributed by atoms with Crippen molar-refractivity contribution in [2.24, 2.45) is 7.05 Å². The molecule has 4 aromatic rings. The van der Waals surface area contributed by atoms with Gasteiger partial charge in [0.05, 0.1) is 11.1 Å². The Bertz CT molecular complexity index is 1030. The molecule has 0 spiro atoms. The van der Waals surface area contributed by atoms with Crippen LogP contribution in [0.5, 0.6) is 0 Å². The Hall–Kier alpha value is -2.27. The van der Waals surface area contributed by atoms with Gasteiger partial charge in [0.15, 0.2) is 6.20 Å². The molecule has 22 heavy (non-hydrogen) atoms. The van der Waals surface area contributed by atoms with E-state index in [-0.39, 0.29) is 0 Å². The van der Waals surface area contributed by atoms with Gasteiger partial charge >= 0.3 is 0 Å². The molecule has 0 aliphatic rings. The Morgan fingerprint density at radius 3 is 2.82 bits per heavy atom. The van der Waals surface area contributed by atoms with E-state index in [9.17, 15) is 0 Å². The molecule has 0 unspecified atom stereocenters. The van der Waals surface area contributed by atoms with E-state index in [1.54, 1.807) is 17.7 Å². The molecule has 3 aromatic heterocycles. The predicted octanol–water partition coefficient (Wildman–Crippen LogP) is 3.36. The number of benzene rings is 1. The third-order valence-corrected chi connectivity index (χ3v) is 5.33. The first-order valence-electron chi connectivity index (χ1n) is 7.25. The van der Waals surface area contributed by atoms with Crippen LogP contribution in [0.4, 0.5) is 0 Å². The van der Waals surface area contributed by atoms with E-state index in [0.29, 0.717) is 0 Å². The number of thiazole rings is 1. The molecule has 0 bridgehead atoms. The maximum Gasteiger partial charge on any atom is 0.232 e. The van der Waals surface area contributed by atoms with Crippen molar-refractivity contribution in [3.63, 3.8) is 0 Å². The molecule has 0 saturated heterocycles. The van der Waals surface area contributed by atoms with Gasteiger partial charge in [0.2, 0.25) is 10.7 Å². The van der Waals surface area contributed by atoms with Crippen LogP contribution < -0.4 is 4.57 Å². The molecule has 3 heterocycles. The molecular formula is C17H17N4S+. The lowest BCUT2D eigenvalue weighted by Gasteiger charge is -2.09. The summed E-state index contributed by atoms with van der Waals surface area (Å²) < 4.78 is 5.34. The van der Waals surface area contributed by atoms with Gasteiger partial charge in [-0.2, -0.15) is 9.67 Å². The fourth-order valence-corrected chi connectivity index (χ4v) is 4.16. The van der Waals surface area contributed by atoms with Crippen LogP contribution in [0.3, 0.4) is 0 Å². The summed E-state index contributed by atoms with van der Waals surface area (Å²) in [6.45, 7) is 6.52. The van der Waals surface area contributed by atoms with E-state index in [0.717, 1.165) is 10.5 Å². The summed E-state index contributed by atoms with van der Waals surface area (Å²) in [6.07, 6.45) is 3.71. The second-order valence-electron chi connectivity index (χ2n) is 5.80. The summed E-state index contributed by atoms with van der Waals surface area (Å²) in [5.41, 5.74) is 7.58. The third kappa shape index (κ3) is 1.78. The normalized spacial score (nSPS) is 11.6. The topological polar surface area (TPSA) is 34.1 Å². The Morgan fingerprint density at radius 2 is 2.00 bits per heavy atom. The fourth-order valence-electron chi connectivity index (χ4n) is 3.04. The molecule has 4 rings (SSSR count). The lowest BCUT2D eigenvalue weighted by molar-refractivity contribution is -0.659. The smallest absolute Gasteiger partial charge is 0.206 e. The van der Waals surface area contributed by atoms with Crippen molar-refractivity contribution < 1.29 is 4.57 Å². The molecule has 5 heteroatoms. The minimum absolute atomic E-state index is 0.935. The first-order chi connectivity index (χ1) is 10.6. The van der Waals surface area contributed by atoms with Crippen molar-refractivity contribution in [2.75, 3.05) is 0 Å². The molecule has 110 valence electrons. The second kappa shape index (κ2) is 4.61. The van der Waals surface area contributed by atoms with Crippen LogP contribution in [0.1, 0.15) is 16.7 Å². The van der Waals surface area contributed by atoms with Crippen molar-refractivity contribution in [1.29, 1.82) is 0 Å². The van der Waals surface area contributed by atoms with Gasteiger partial charge in [-0.15, -0.1) is 0 Å². The molecule has 0 atom stereocenters. The monoisotopic (exact) mass is 309 g/mol. The van der Waals surface area contributed by atoms with Crippen molar-refractivity contribution >= 4 is 26.5 Å². The molecular weight excluding hydrogens is 292 g/mol. The van der Waals surface area contributed by atoms with Crippen LogP contribution in [-0.4, -0.2) is 14.6 Å². The first-order valence-corrected chi connectivity index (χ1v) is 8.07. The quantitative estimate of drug-likeness (QED) is 0.505. The van der Waals surface area contributed by atoms with Gasteiger partial charge in [-0.25, -0.2) is 9.50 Å². The molecule has 0 radical (unpaired) electrons. The maximum absolute atomic E-state index is 4.34. The highest BCUT2D eigenvalue weighted by Crippen LogP contribution is 2.34. The Kier molecular flexibility index (Phi) is 2.81. The van der Waals surface area contributed by atoms with Crippen molar-refractivity contribution in [3.05, 3.63) is 47.4 Å². The highest BCUT2D eigenvalue weighted by Gasteiger charge is 2.22. The zero-order valence-electron chi connectivity index (χ0n) is 13.1. The zero-order chi connectivity index (χ0) is 15.4. The molecule has 4 nitrogen and oxygen atoms in total. The van der Waals surface area contributed by atoms with E-state index in [2.05, 4.69) is 66.9 Å². The number of aromatic nitrogens is 4. The number of nitrogens with zero attached hydrogens (tertiary/aromatic N) is 4. The fraction of sp³-hybridized carbons (Fsp3) is 0.235. The van der Waals surface area contributed by atoms with Crippen molar-refractivity contribution in [2.45, 2.75) is 20.8 Å². The van der Waals surface area contributed by atoms with E-state index < -0.39 is 0 Å². The van der Waals surface area contributed by atoms with Crippen molar-refractivity contribution in [1.82, 2.24) is 14.6 Å². The first kappa shape index (κ1) is 13.4. The Balaban J connectivity index is 2.16. The van der Waals surface area contributed by atoms with E-state index >= 15 is 0 Å². The van der Waals surface area contributed by atoms with Gasteiger partial charge in [0, 0.05) is 6.07 Å². The summed E-state index contributed by atoms with van der Waals surface area (Å²) in [5, 5.41) is 4.34. The largest absolute Gasteiger partial charge is 0.232 e. The van der Waals surface area contributed by atoms with Gasteiger partial charge in [0.25, 0.3) is 0 Å². The SMILES string of the molecule is Cc1cc(C)c(C)c(-c2c3sc4ncnn4c3cc[n+]2C)c1. The number of pyridine rings is 1. The summed E-state index contributed by atoms with van der Waals surface area (Å²) in [5.74, 6) is 0. The van der Waals surface area contributed by atoms with Gasteiger partial charge in [-0.05, 0) is 38.0 Å². The minimum atomic E-state index is 0.935. The summed E-state index contributed by atoms with van der Waals surface area (Å²) in [6, 6.07) is 6.61. The molecule has 0 aliphatic carbocycles. The van der Waals surface area contributed by atoms with Gasteiger partial charge < -0.3 is 0 Å². The van der Waals surface area contributed by atoms with E-state index in [1.807, 2.05) is 4.52 Å². The maximum atomic E-state index is 4.34. The molecule has 0 amide bonds. The molecule has 1 aromatic carbocycles. The lowest BCUT2D eigenvalue weighted by atomic mass is 9.97. The van der Waals surface area contributed by atoms with Crippen LogP contribution in [-0.2, 0) is 7.05 Å². The van der Waals surface area contributed by atoms with Crippen LogP contribution in [0, 0.1) is 20.8 Å². The van der Waals surface area contributed by atoms with Crippen LogP contribution in [0.25, 0.3) is 26.4 Å². The zero-order valence-corrected chi connectivity index (χ0v) is 13.9. The standard InChI is InChI=1S/C17H17N4S/c1-10-7-11(2)12(3)13(8-10)15-16-14(5-6-20(15)4)21-17(22-16)18-9-19-21/h5-9H,1-4H3/q+1. The van der Waals surface area contributed by atoms with Crippen LogP contribution in [0.15, 0.2) is 30.7 Å². The average molecular weight is 309 g/mol. The van der Waals surface area contributed by atoms with E-state index in [4.69, 9.17) is 0 Å². The number of hydrogen-bond acceptors (Lipinski definition) is 3. The van der Waals surface area contributed by atoms with Crippen LogP contribution >= 0.6 is 11.3 Å². The second-order valence-corrected chi connectivity index (χ2v) is 6.78. The summed E-state index contributed by atoms with van der Waals surface area (Å²) >= 11 is 1.69. The molecule has 0 aliphatic heterocycles. The highest BCUT2D eigenvalue weighted by atomic mass is 32.1. The number of hydrogen-bond donors (Lipinski definition) is 0. The highest BCUT2D eigenvalue weighted by molar-refractivity contribution is 7.24. The predicted molar refractivity (Wildman–Crippen MR) is 89.2 cm³/mol. The van der Waals surface area contributed by atoms with Crippen molar-refractivity contribution in [3.8, 4) is 11.3 Å². The minimum Gasteiger partial charge on any atom is -0.206 e. The Labute approximate surface area is 132 Å². The third-order valence-electron chi connectivity index (χ3n) is 4.26. The van der Waals surface area contributed by atoms with Gasteiger partial charge in [-0.3, -0.25) is 0 Å². The number of rotatable bonds is 1. The lowest BCUT2D eigenvalue weighted by Crippen LogP contribution is -2.30. The molecule has 0 fully saturated rings. The summed E-state index contributed by atoms with van der Waals surface area (Å²) in [7, 11) is 2.10. The van der Waals surface area contributed by atoms with Gasteiger partial charge in [-0.1, -0.05) is 23.0 Å². The summed E-state index contributed by atoms with van der Waals surface area (Å²) in [4.78, 5) is 5.27. The Morgan fingerprint density at radius 1 is 1.18 bits per heavy atom. The molecule has 0 N–H and O–H groups in total. The van der Waals surface area contributed by atoms with Crippen LogP contribution in [0.2, 0.25) is 0 Å². The van der Waals surface area contributed by atoms with E-state index in [1.165, 1.54) is 32.6 Å².